The van der Waals surface area contributed by atoms with Crippen molar-refractivity contribution in [2.45, 2.75) is 0 Å². The molecule has 19 heavy (non-hydrogen) atoms. The van der Waals surface area contributed by atoms with Gasteiger partial charge in [0.05, 0.1) is 16.9 Å². The number of hydrogen-bond acceptors (Lipinski definition) is 2. The number of benzene rings is 2. The van der Waals surface area contributed by atoms with E-state index in [2.05, 4.69) is 21.2 Å². The minimum Gasteiger partial charge on any atom is -0.389 e. The predicted molar refractivity (Wildman–Crippen MR) is 79.7 cm³/mol. The monoisotopic (exact) mass is 342 g/mol. The molecule has 2 aromatic carbocycles. The number of nitrogens with one attached hydrogen (secondary N) is 1. The van der Waals surface area contributed by atoms with Crippen molar-refractivity contribution in [3.8, 4) is 0 Å². The van der Waals surface area contributed by atoms with Crippen molar-refractivity contribution < 1.29 is 8.78 Å². The van der Waals surface area contributed by atoms with Crippen molar-refractivity contribution in [3.63, 3.8) is 0 Å². The molecule has 0 fully saturated rings. The Bertz CT molecular complexity index is 647. The van der Waals surface area contributed by atoms with E-state index >= 15 is 0 Å². The minimum atomic E-state index is -0.504. The van der Waals surface area contributed by atoms with Gasteiger partial charge in [-0.05, 0) is 46.3 Å². The van der Waals surface area contributed by atoms with Crippen LogP contribution in [0.2, 0.25) is 0 Å². The highest BCUT2D eigenvalue weighted by Crippen LogP contribution is 2.29. The predicted octanol–water partition coefficient (Wildman–Crippen LogP) is 4.11. The normalized spacial score (nSPS) is 10.3. The Kier molecular flexibility index (Phi) is 4.11. The van der Waals surface area contributed by atoms with Gasteiger partial charge in [-0.1, -0.05) is 18.3 Å². The van der Waals surface area contributed by atoms with Gasteiger partial charge in [0.1, 0.15) is 16.6 Å². The topological polar surface area (TPSA) is 38.0 Å². The van der Waals surface area contributed by atoms with E-state index in [4.69, 9.17) is 18.0 Å². The SMILES string of the molecule is NC(=S)c1c(F)cccc1Nc1ccc(F)cc1Br. The summed E-state index contributed by atoms with van der Waals surface area (Å²) in [5.74, 6) is -0.873. The first-order chi connectivity index (χ1) is 8.99. The van der Waals surface area contributed by atoms with Gasteiger partial charge in [0.15, 0.2) is 0 Å². The van der Waals surface area contributed by atoms with Gasteiger partial charge in [-0.25, -0.2) is 8.78 Å². The van der Waals surface area contributed by atoms with Gasteiger partial charge in [-0.3, -0.25) is 0 Å². The molecule has 6 heteroatoms. The molecule has 0 amide bonds. The van der Waals surface area contributed by atoms with Gasteiger partial charge in [0.2, 0.25) is 0 Å². The third kappa shape index (κ3) is 3.08. The Balaban J connectivity index is 2.44. The van der Waals surface area contributed by atoms with Gasteiger partial charge in [-0.2, -0.15) is 0 Å². The van der Waals surface area contributed by atoms with Gasteiger partial charge in [0.25, 0.3) is 0 Å². The van der Waals surface area contributed by atoms with Crippen LogP contribution in [0, 0.1) is 11.6 Å². The van der Waals surface area contributed by atoms with Crippen LogP contribution in [-0.4, -0.2) is 4.99 Å². The summed E-state index contributed by atoms with van der Waals surface area (Å²) in [6.07, 6.45) is 0. The maximum atomic E-state index is 13.7. The third-order valence-electron chi connectivity index (χ3n) is 2.46. The summed E-state index contributed by atoms with van der Waals surface area (Å²) in [6, 6.07) is 8.60. The molecule has 0 aliphatic heterocycles. The van der Waals surface area contributed by atoms with Crippen LogP contribution in [-0.2, 0) is 0 Å². The Morgan fingerprint density at radius 3 is 2.53 bits per heavy atom. The van der Waals surface area contributed by atoms with Crippen molar-refractivity contribution in [3.05, 3.63) is 58.1 Å². The van der Waals surface area contributed by atoms with Gasteiger partial charge < -0.3 is 11.1 Å². The standard InChI is InChI=1S/C13H9BrF2N2S/c14-8-6-7(15)4-5-10(8)18-11-3-1-2-9(16)12(11)13(17)19/h1-6,18H,(H2,17,19). The van der Waals surface area contributed by atoms with Crippen LogP contribution >= 0.6 is 28.1 Å². The molecule has 0 heterocycles. The fraction of sp³-hybridized carbons (Fsp3) is 0. The smallest absolute Gasteiger partial charge is 0.135 e. The van der Waals surface area contributed by atoms with Crippen molar-refractivity contribution in [1.82, 2.24) is 0 Å². The van der Waals surface area contributed by atoms with Crippen LogP contribution in [0.5, 0.6) is 0 Å². The molecular formula is C13H9BrF2N2S. The largest absolute Gasteiger partial charge is 0.389 e. The summed E-state index contributed by atoms with van der Waals surface area (Å²) >= 11 is 8.06. The zero-order valence-electron chi connectivity index (χ0n) is 9.58. The number of rotatable bonds is 3. The molecule has 0 saturated carbocycles. The molecule has 0 atom stereocenters. The fourth-order valence-electron chi connectivity index (χ4n) is 1.61. The molecule has 2 nitrogen and oxygen atoms in total. The number of halogens is 3. The summed E-state index contributed by atoms with van der Waals surface area (Å²) in [6.45, 7) is 0. The fourth-order valence-corrected chi connectivity index (χ4v) is 2.27. The molecule has 0 spiro atoms. The molecule has 0 bridgehead atoms. The summed E-state index contributed by atoms with van der Waals surface area (Å²) in [5, 5.41) is 2.97. The van der Waals surface area contributed by atoms with Crippen molar-refractivity contribution >= 4 is 44.5 Å². The number of hydrogen-bond donors (Lipinski definition) is 2. The van der Waals surface area contributed by atoms with Gasteiger partial charge in [0, 0.05) is 4.47 Å². The maximum absolute atomic E-state index is 13.7. The molecule has 0 aromatic heterocycles. The first-order valence-corrected chi connectivity index (χ1v) is 6.49. The second-order valence-electron chi connectivity index (χ2n) is 3.78. The summed E-state index contributed by atoms with van der Waals surface area (Å²) in [5.41, 5.74) is 6.66. The van der Waals surface area contributed by atoms with E-state index in [1.165, 1.54) is 30.3 Å². The maximum Gasteiger partial charge on any atom is 0.135 e. The Morgan fingerprint density at radius 2 is 1.89 bits per heavy atom. The summed E-state index contributed by atoms with van der Waals surface area (Å²) < 4.78 is 27.2. The summed E-state index contributed by atoms with van der Waals surface area (Å²) in [4.78, 5) is -0.0427. The Labute approximate surface area is 122 Å². The lowest BCUT2D eigenvalue weighted by Crippen LogP contribution is -2.14. The Hall–Kier alpha value is -1.53. The highest BCUT2D eigenvalue weighted by molar-refractivity contribution is 9.10. The molecule has 0 radical (unpaired) electrons. The first kappa shape index (κ1) is 13.9. The lowest BCUT2D eigenvalue weighted by Gasteiger charge is -2.13. The van der Waals surface area contributed by atoms with E-state index in [1.54, 1.807) is 6.07 Å². The average molecular weight is 343 g/mol. The van der Waals surface area contributed by atoms with Crippen LogP contribution in [0.4, 0.5) is 20.2 Å². The lowest BCUT2D eigenvalue weighted by molar-refractivity contribution is 0.625. The van der Waals surface area contributed by atoms with E-state index in [9.17, 15) is 8.78 Å². The van der Waals surface area contributed by atoms with Crippen LogP contribution < -0.4 is 11.1 Å². The lowest BCUT2D eigenvalue weighted by atomic mass is 10.1. The van der Waals surface area contributed by atoms with E-state index < -0.39 is 5.82 Å². The van der Waals surface area contributed by atoms with Crippen molar-refractivity contribution in [1.29, 1.82) is 0 Å². The molecule has 98 valence electrons. The molecule has 0 aliphatic rings. The molecular weight excluding hydrogens is 334 g/mol. The minimum absolute atomic E-state index is 0.0427. The second kappa shape index (κ2) is 5.63. The van der Waals surface area contributed by atoms with Crippen LogP contribution in [0.15, 0.2) is 40.9 Å². The zero-order chi connectivity index (χ0) is 14.0. The molecule has 0 saturated heterocycles. The molecule has 2 rings (SSSR count). The third-order valence-corrected chi connectivity index (χ3v) is 3.32. The molecule has 0 unspecified atom stereocenters. The van der Waals surface area contributed by atoms with E-state index in [1.807, 2.05) is 0 Å². The average Bonchev–Trinajstić information content (AvgIpc) is 2.32. The van der Waals surface area contributed by atoms with E-state index in [-0.39, 0.29) is 16.4 Å². The number of anilines is 2. The van der Waals surface area contributed by atoms with Crippen molar-refractivity contribution in [2.75, 3.05) is 5.32 Å². The summed E-state index contributed by atoms with van der Waals surface area (Å²) in [7, 11) is 0. The highest BCUT2D eigenvalue weighted by Gasteiger charge is 2.12. The first-order valence-electron chi connectivity index (χ1n) is 5.29. The molecule has 3 N–H and O–H groups in total. The van der Waals surface area contributed by atoms with Crippen molar-refractivity contribution in [2.24, 2.45) is 5.73 Å². The second-order valence-corrected chi connectivity index (χ2v) is 5.07. The molecule has 2 aromatic rings. The Morgan fingerprint density at radius 1 is 1.16 bits per heavy atom. The number of nitrogens with two attached hydrogens (primary N) is 1. The zero-order valence-corrected chi connectivity index (χ0v) is 12.0. The van der Waals surface area contributed by atoms with E-state index in [0.717, 1.165) is 0 Å². The van der Waals surface area contributed by atoms with Gasteiger partial charge in [-0.15, -0.1) is 0 Å². The highest BCUT2D eigenvalue weighted by atomic mass is 79.9. The van der Waals surface area contributed by atoms with Crippen LogP contribution in [0.3, 0.4) is 0 Å². The van der Waals surface area contributed by atoms with Crippen LogP contribution in [0.1, 0.15) is 5.56 Å². The molecule has 0 aliphatic carbocycles. The quantitative estimate of drug-likeness (QED) is 0.824. The van der Waals surface area contributed by atoms with E-state index in [0.29, 0.717) is 15.8 Å². The van der Waals surface area contributed by atoms with Gasteiger partial charge >= 0.3 is 0 Å². The number of thiocarbonyl (C=S) groups is 1. The van der Waals surface area contributed by atoms with Crippen LogP contribution in [0.25, 0.3) is 0 Å².